The number of hydrogen-bond acceptors (Lipinski definition) is 4. The summed E-state index contributed by atoms with van der Waals surface area (Å²) < 4.78 is 4.92. The molecule has 0 unspecified atom stereocenters. The summed E-state index contributed by atoms with van der Waals surface area (Å²) in [7, 11) is -0.532. The number of carbonyl (C=O) groups excluding carboxylic acids is 1. The van der Waals surface area contributed by atoms with Crippen LogP contribution in [0.25, 0.3) is 0 Å². The lowest BCUT2D eigenvalue weighted by atomic mass is 10.7. The molecule has 1 heterocycles. The Labute approximate surface area is 60.0 Å². The zero-order valence-electron chi connectivity index (χ0n) is 5.06. The number of carbonyl (C=O) groups is 1. The first-order valence-electron chi connectivity index (χ1n) is 2.49. The topological polar surface area (TPSA) is 78.1 Å². The quantitative estimate of drug-likeness (QED) is 0.583. The van der Waals surface area contributed by atoms with Crippen LogP contribution in [0.4, 0.5) is 0 Å². The predicted octanol–water partition coefficient (Wildman–Crippen LogP) is -0.860. The van der Waals surface area contributed by atoms with E-state index in [1.54, 1.807) is 0 Å². The molecule has 54 valence electrons. The number of amides is 1. The van der Waals surface area contributed by atoms with E-state index in [1.807, 2.05) is 0 Å². The van der Waals surface area contributed by atoms with Crippen molar-refractivity contribution >= 4 is 16.7 Å². The second-order valence-corrected chi connectivity index (χ2v) is 2.81. The maximum absolute atomic E-state index is 10.2. The summed E-state index contributed by atoms with van der Waals surface area (Å²) in [5.41, 5.74) is 7.86. The number of hydrogen-bond donors (Lipinski definition) is 1. The second-order valence-electron chi connectivity index (χ2n) is 1.50. The van der Waals surface area contributed by atoms with Gasteiger partial charge in [-0.3, -0.25) is 4.79 Å². The molecule has 1 rings (SSSR count). The van der Waals surface area contributed by atoms with E-state index in [0.717, 1.165) is 0 Å². The summed E-state index contributed by atoms with van der Waals surface area (Å²) in [6, 6.07) is 0. The van der Waals surface area contributed by atoms with Crippen molar-refractivity contribution in [2.45, 2.75) is 0 Å². The van der Waals surface area contributed by atoms with E-state index in [2.05, 4.69) is 10.2 Å². The molecule has 0 spiro atoms. The fourth-order valence-corrected chi connectivity index (χ4v) is 1.08. The molecule has 10 heavy (non-hydrogen) atoms. The number of aromatic nitrogens is 2. The Bertz CT molecular complexity index is 210. The Balaban J connectivity index is 2.35. The van der Waals surface area contributed by atoms with Crippen LogP contribution in [0.15, 0.2) is 11.0 Å². The van der Waals surface area contributed by atoms with Crippen LogP contribution in [0.5, 0.6) is 0 Å². The van der Waals surface area contributed by atoms with E-state index in [0.29, 0.717) is 0 Å². The van der Waals surface area contributed by atoms with Crippen LogP contribution in [0.2, 0.25) is 0 Å². The fraction of sp³-hybridized carbons (Fsp3) is 0.250. The van der Waals surface area contributed by atoms with Gasteiger partial charge in [-0.15, -0.1) is 4.18 Å². The van der Waals surface area contributed by atoms with Crippen LogP contribution in [0.3, 0.4) is 0 Å². The third-order valence-corrected chi connectivity index (χ3v) is 1.70. The van der Waals surface area contributed by atoms with Crippen molar-refractivity contribution in [1.82, 2.24) is 10.2 Å². The van der Waals surface area contributed by atoms with Gasteiger partial charge in [0.1, 0.15) is 0 Å². The van der Waals surface area contributed by atoms with Gasteiger partial charge in [-0.2, -0.15) is 0 Å². The smallest absolute Gasteiger partial charge is 0.286 e. The standard InChI is InChI=1S/C4H5N3O2S/c5-4(8)1-9-10-2-6-7-3-10/h2-3H,1H2,(H-,5,8)/p+1. The van der Waals surface area contributed by atoms with Crippen LogP contribution < -0.4 is 9.92 Å². The van der Waals surface area contributed by atoms with Gasteiger partial charge in [-0.1, -0.05) is 10.2 Å². The van der Waals surface area contributed by atoms with E-state index in [4.69, 9.17) is 9.92 Å². The van der Waals surface area contributed by atoms with Crippen molar-refractivity contribution in [1.29, 1.82) is 0 Å². The van der Waals surface area contributed by atoms with Gasteiger partial charge in [0.2, 0.25) is 5.91 Å². The van der Waals surface area contributed by atoms with Crippen LogP contribution in [-0.4, -0.2) is 22.7 Å². The Kier molecular flexibility index (Phi) is 2.30. The molecule has 5 nitrogen and oxygen atoms in total. The maximum Gasteiger partial charge on any atom is 0.286 e. The van der Waals surface area contributed by atoms with Gasteiger partial charge in [0.05, 0.1) is 0 Å². The zero-order chi connectivity index (χ0) is 7.40. The van der Waals surface area contributed by atoms with Crippen molar-refractivity contribution in [3.63, 3.8) is 0 Å². The lowest BCUT2D eigenvalue weighted by molar-refractivity contribution is -0.119. The second kappa shape index (κ2) is 3.23. The van der Waals surface area contributed by atoms with E-state index < -0.39 is 16.7 Å². The normalized spacial score (nSPS) is 9.60. The van der Waals surface area contributed by atoms with E-state index in [9.17, 15) is 4.79 Å². The molecular weight excluding hydrogens is 154 g/mol. The number of rotatable bonds is 3. The van der Waals surface area contributed by atoms with Crippen LogP contribution in [0, 0.1) is 0 Å². The molecule has 6 heteroatoms. The van der Waals surface area contributed by atoms with Gasteiger partial charge in [0, 0.05) is 0 Å². The van der Waals surface area contributed by atoms with E-state index in [-0.39, 0.29) is 6.61 Å². The predicted molar refractivity (Wildman–Crippen MR) is 35.2 cm³/mol. The van der Waals surface area contributed by atoms with Gasteiger partial charge in [0.15, 0.2) is 17.4 Å². The van der Waals surface area contributed by atoms with E-state index in [1.165, 1.54) is 11.0 Å². The summed E-state index contributed by atoms with van der Waals surface area (Å²) in [4.78, 5) is 10.2. The van der Waals surface area contributed by atoms with Gasteiger partial charge in [-0.05, 0) is 0 Å². The molecule has 0 radical (unpaired) electrons. The summed E-state index contributed by atoms with van der Waals surface area (Å²) in [5.74, 6) is -0.485. The van der Waals surface area contributed by atoms with Crippen molar-refractivity contribution in [2.75, 3.05) is 6.61 Å². The van der Waals surface area contributed by atoms with Crippen molar-refractivity contribution in [3.8, 4) is 0 Å². The highest BCUT2D eigenvalue weighted by atomic mass is 32.2. The van der Waals surface area contributed by atoms with E-state index >= 15 is 0 Å². The molecule has 0 bridgehead atoms. The highest BCUT2D eigenvalue weighted by molar-refractivity contribution is 7.22. The Morgan fingerprint density at radius 3 is 2.70 bits per heavy atom. The summed E-state index contributed by atoms with van der Waals surface area (Å²) in [6.07, 6.45) is 0. The molecule has 0 saturated carbocycles. The van der Waals surface area contributed by atoms with Crippen LogP contribution in [0.1, 0.15) is 0 Å². The Hall–Kier alpha value is -1.01. The average Bonchev–Trinajstić information content (AvgIpc) is 2.34. The summed E-state index contributed by atoms with van der Waals surface area (Å²) >= 11 is 0. The molecule has 0 aliphatic rings. The minimum Gasteiger partial charge on any atom is -0.367 e. The molecule has 0 aliphatic carbocycles. The lowest BCUT2D eigenvalue weighted by Gasteiger charge is -1.83. The lowest BCUT2D eigenvalue weighted by Crippen LogP contribution is -2.19. The third-order valence-electron chi connectivity index (χ3n) is 0.706. The maximum atomic E-state index is 10.2. The highest BCUT2D eigenvalue weighted by Gasteiger charge is 2.06. The summed E-state index contributed by atoms with van der Waals surface area (Å²) in [6.45, 7) is -0.0822. The average molecular weight is 160 g/mol. The molecule has 0 atom stereocenters. The van der Waals surface area contributed by atoms with Crippen LogP contribution in [-0.2, 0) is 4.79 Å². The molecule has 0 fully saturated rings. The molecule has 0 aliphatic heterocycles. The monoisotopic (exact) mass is 160 g/mol. The number of primary amides is 1. The third kappa shape index (κ3) is 2.08. The Morgan fingerprint density at radius 1 is 1.60 bits per heavy atom. The fourth-order valence-electron chi connectivity index (χ4n) is 0.362. The number of nitrogens with zero attached hydrogens (tertiary/aromatic N) is 2. The number of nitrogens with two attached hydrogens (primary N) is 1. The van der Waals surface area contributed by atoms with Crippen molar-refractivity contribution in [3.05, 3.63) is 11.0 Å². The van der Waals surface area contributed by atoms with Crippen LogP contribution >= 0.6 is 10.8 Å². The first kappa shape index (κ1) is 7.10. The first-order valence-corrected chi connectivity index (χ1v) is 3.77. The molecular formula is C4H6N3O2S+. The largest absolute Gasteiger partial charge is 0.367 e. The molecule has 1 aromatic heterocycles. The molecule has 0 saturated heterocycles. The molecule has 1 aromatic rings. The van der Waals surface area contributed by atoms with Gasteiger partial charge in [0.25, 0.3) is 11.0 Å². The van der Waals surface area contributed by atoms with Crippen molar-refractivity contribution in [2.24, 2.45) is 5.73 Å². The Morgan fingerprint density at radius 2 is 2.20 bits per heavy atom. The SMILES string of the molecule is NC(=O)CO[s+]1cnnc1. The van der Waals surface area contributed by atoms with Crippen molar-refractivity contribution < 1.29 is 8.98 Å². The highest BCUT2D eigenvalue weighted by Crippen LogP contribution is 2.06. The minimum atomic E-state index is -0.532. The molecule has 2 N–H and O–H groups in total. The zero-order valence-corrected chi connectivity index (χ0v) is 5.87. The minimum absolute atomic E-state index is 0.0822. The molecule has 1 amide bonds. The van der Waals surface area contributed by atoms with Gasteiger partial charge >= 0.3 is 0 Å². The summed E-state index contributed by atoms with van der Waals surface area (Å²) in [5, 5.41) is 7.04. The van der Waals surface area contributed by atoms with Gasteiger partial charge < -0.3 is 5.73 Å². The molecule has 0 aromatic carbocycles. The first-order chi connectivity index (χ1) is 4.79. The van der Waals surface area contributed by atoms with Gasteiger partial charge in [-0.25, -0.2) is 0 Å².